The number of ether oxygens (including phenoxy) is 1. The Morgan fingerprint density at radius 1 is 1.33 bits per heavy atom. The number of benzene rings is 1. The number of imidazole rings is 1. The van der Waals surface area contributed by atoms with Crippen molar-refractivity contribution in [1.82, 2.24) is 9.55 Å². The standard InChI is InChI=1S/C13H10Cl3N3O2/c14-7-5-8(15)11(9(16)6-7)18-13(20)21-10-1-3-19-4-2-17-12(10)19/h2,4-6,10H,1,3H2,(H,18,20)/t10-/m0/s1. The van der Waals surface area contributed by atoms with E-state index in [4.69, 9.17) is 39.5 Å². The van der Waals surface area contributed by atoms with Crippen LogP contribution in [-0.4, -0.2) is 15.6 Å². The van der Waals surface area contributed by atoms with Gasteiger partial charge in [-0.15, -0.1) is 0 Å². The Morgan fingerprint density at radius 3 is 2.76 bits per heavy atom. The summed E-state index contributed by atoms with van der Waals surface area (Å²) in [6.07, 6.45) is 3.21. The molecule has 1 aliphatic heterocycles. The number of fused-ring (bicyclic) bond motifs is 1. The van der Waals surface area contributed by atoms with Crippen LogP contribution < -0.4 is 5.32 Å². The first-order chi connectivity index (χ1) is 10.0. The molecule has 0 bridgehead atoms. The first kappa shape index (κ1) is 14.5. The molecule has 1 aromatic carbocycles. The van der Waals surface area contributed by atoms with E-state index in [0.29, 0.717) is 11.4 Å². The Morgan fingerprint density at radius 2 is 2.05 bits per heavy atom. The Bertz CT molecular complexity index is 679. The summed E-state index contributed by atoms with van der Waals surface area (Å²) in [6, 6.07) is 2.99. The van der Waals surface area contributed by atoms with Gasteiger partial charge in [-0.3, -0.25) is 5.32 Å². The van der Waals surface area contributed by atoms with Crippen molar-refractivity contribution in [3.05, 3.63) is 45.4 Å². The van der Waals surface area contributed by atoms with Gasteiger partial charge in [0, 0.05) is 30.4 Å². The molecule has 21 heavy (non-hydrogen) atoms. The highest BCUT2D eigenvalue weighted by Gasteiger charge is 2.27. The Labute approximate surface area is 135 Å². The maximum absolute atomic E-state index is 12.0. The van der Waals surface area contributed by atoms with Gasteiger partial charge in [-0.2, -0.15) is 0 Å². The van der Waals surface area contributed by atoms with Crippen LogP contribution in [0.4, 0.5) is 10.5 Å². The van der Waals surface area contributed by atoms with Gasteiger partial charge in [0.1, 0.15) is 5.82 Å². The molecule has 0 aliphatic carbocycles. The molecule has 0 saturated heterocycles. The SMILES string of the molecule is O=C(Nc1c(Cl)cc(Cl)cc1Cl)O[C@H]1CCn2ccnc21. The number of hydrogen-bond donors (Lipinski definition) is 1. The van der Waals surface area contributed by atoms with Crippen LogP contribution in [0, 0.1) is 0 Å². The summed E-state index contributed by atoms with van der Waals surface area (Å²) in [5, 5.41) is 3.42. The van der Waals surface area contributed by atoms with Crippen molar-refractivity contribution in [2.45, 2.75) is 19.1 Å². The number of aromatic nitrogens is 2. The van der Waals surface area contributed by atoms with E-state index in [2.05, 4.69) is 10.3 Å². The molecular formula is C13H10Cl3N3O2. The molecule has 110 valence electrons. The fourth-order valence-corrected chi connectivity index (χ4v) is 3.13. The molecule has 5 nitrogen and oxygen atoms in total. The van der Waals surface area contributed by atoms with Crippen molar-refractivity contribution >= 4 is 46.6 Å². The Hall–Kier alpha value is -1.43. The number of nitrogens with one attached hydrogen (secondary N) is 1. The summed E-state index contributed by atoms with van der Waals surface area (Å²) in [6.45, 7) is 0.774. The van der Waals surface area contributed by atoms with Crippen LogP contribution in [-0.2, 0) is 11.3 Å². The summed E-state index contributed by atoms with van der Waals surface area (Å²) in [4.78, 5) is 16.1. The number of amides is 1. The lowest BCUT2D eigenvalue weighted by Gasteiger charge is -2.13. The molecule has 1 aromatic heterocycles. The molecule has 0 radical (unpaired) electrons. The van der Waals surface area contributed by atoms with Crippen LogP contribution in [0.15, 0.2) is 24.5 Å². The van der Waals surface area contributed by atoms with Gasteiger partial charge in [-0.1, -0.05) is 34.8 Å². The minimum absolute atomic E-state index is 0.248. The van der Waals surface area contributed by atoms with Gasteiger partial charge in [-0.05, 0) is 12.1 Å². The van der Waals surface area contributed by atoms with Crippen molar-refractivity contribution in [3.63, 3.8) is 0 Å². The van der Waals surface area contributed by atoms with Crippen LogP contribution in [0.1, 0.15) is 18.3 Å². The average molecular weight is 347 g/mol. The van der Waals surface area contributed by atoms with E-state index in [-0.39, 0.29) is 21.8 Å². The van der Waals surface area contributed by atoms with Gasteiger partial charge < -0.3 is 9.30 Å². The van der Waals surface area contributed by atoms with Gasteiger partial charge in [0.25, 0.3) is 0 Å². The van der Waals surface area contributed by atoms with Gasteiger partial charge in [0.05, 0.1) is 15.7 Å². The first-order valence-electron chi connectivity index (χ1n) is 6.18. The summed E-state index contributed by atoms with van der Waals surface area (Å²) in [7, 11) is 0. The molecule has 0 unspecified atom stereocenters. The highest BCUT2D eigenvalue weighted by molar-refractivity contribution is 6.42. The number of nitrogens with zero attached hydrogens (tertiary/aromatic N) is 2. The molecule has 0 spiro atoms. The van der Waals surface area contributed by atoms with E-state index in [1.54, 1.807) is 6.20 Å². The largest absolute Gasteiger partial charge is 0.438 e. The maximum Gasteiger partial charge on any atom is 0.412 e. The van der Waals surface area contributed by atoms with E-state index in [1.165, 1.54) is 12.1 Å². The zero-order chi connectivity index (χ0) is 15.0. The summed E-state index contributed by atoms with van der Waals surface area (Å²) in [5.74, 6) is 0.735. The number of anilines is 1. The van der Waals surface area contributed by atoms with Crippen LogP contribution in [0.25, 0.3) is 0 Å². The van der Waals surface area contributed by atoms with Crippen LogP contribution >= 0.6 is 34.8 Å². The Kier molecular flexibility index (Phi) is 3.97. The van der Waals surface area contributed by atoms with Crippen molar-refractivity contribution in [2.75, 3.05) is 5.32 Å². The molecule has 0 saturated carbocycles. The lowest BCUT2D eigenvalue weighted by molar-refractivity contribution is 0.109. The minimum atomic E-state index is -0.637. The average Bonchev–Trinajstić information content (AvgIpc) is 2.99. The van der Waals surface area contributed by atoms with Crippen LogP contribution in [0.5, 0.6) is 0 Å². The molecular weight excluding hydrogens is 337 g/mol. The number of halogens is 3. The van der Waals surface area contributed by atoms with Gasteiger partial charge in [0.2, 0.25) is 0 Å². The smallest absolute Gasteiger partial charge is 0.412 e. The highest BCUT2D eigenvalue weighted by atomic mass is 35.5. The van der Waals surface area contributed by atoms with Gasteiger partial charge in [0.15, 0.2) is 6.10 Å². The van der Waals surface area contributed by atoms with E-state index in [1.807, 2.05) is 10.8 Å². The first-order valence-corrected chi connectivity index (χ1v) is 7.31. The lowest BCUT2D eigenvalue weighted by atomic mass is 10.3. The quantitative estimate of drug-likeness (QED) is 0.868. The second kappa shape index (κ2) is 5.75. The number of aryl methyl sites for hydroxylation is 1. The molecule has 2 aromatic rings. The fraction of sp³-hybridized carbons (Fsp3) is 0.231. The molecule has 0 fully saturated rings. The summed E-state index contributed by atoms with van der Waals surface area (Å²) < 4.78 is 7.30. The van der Waals surface area contributed by atoms with Gasteiger partial charge >= 0.3 is 6.09 Å². The Balaban J connectivity index is 1.71. The predicted molar refractivity (Wildman–Crippen MR) is 81.2 cm³/mol. The molecule has 1 atom stereocenters. The second-order valence-corrected chi connectivity index (χ2v) is 5.78. The zero-order valence-electron chi connectivity index (χ0n) is 10.6. The number of carbonyl (C=O) groups is 1. The molecule has 1 aliphatic rings. The predicted octanol–water partition coefficient (Wildman–Crippen LogP) is 4.54. The van der Waals surface area contributed by atoms with Crippen molar-refractivity contribution in [2.24, 2.45) is 0 Å². The van der Waals surface area contributed by atoms with Crippen molar-refractivity contribution in [1.29, 1.82) is 0 Å². The zero-order valence-corrected chi connectivity index (χ0v) is 12.9. The third-order valence-corrected chi connectivity index (χ3v) is 3.97. The number of carbonyl (C=O) groups excluding carboxylic acids is 1. The topological polar surface area (TPSA) is 56.1 Å². The number of hydrogen-bond acceptors (Lipinski definition) is 3. The molecule has 3 rings (SSSR count). The normalized spacial score (nSPS) is 16.6. The summed E-state index contributed by atoms with van der Waals surface area (Å²) >= 11 is 17.8. The van der Waals surface area contributed by atoms with E-state index in [0.717, 1.165) is 12.4 Å². The molecule has 2 heterocycles. The van der Waals surface area contributed by atoms with E-state index >= 15 is 0 Å². The van der Waals surface area contributed by atoms with Crippen molar-refractivity contribution < 1.29 is 9.53 Å². The van der Waals surface area contributed by atoms with E-state index in [9.17, 15) is 4.79 Å². The maximum atomic E-state index is 12.0. The molecule has 8 heteroatoms. The van der Waals surface area contributed by atoms with Crippen LogP contribution in [0.2, 0.25) is 15.1 Å². The van der Waals surface area contributed by atoms with Crippen LogP contribution in [0.3, 0.4) is 0 Å². The molecule has 1 N–H and O–H groups in total. The minimum Gasteiger partial charge on any atom is -0.438 e. The highest BCUT2D eigenvalue weighted by Crippen LogP contribution is 2.34. The molecule has 1 amide bonds. The third kappa shape index (κ3) is 2.95. The summed E-state index contributed by atoms with van der Waals surface area (Å²) in [5.41, 5.74) is 0.272. The number of rotatable bonds is 2. The second-order valence-electron chi connectivity index (χ2n) is 4.53. The van der Waals surface area contributed by atoms with E-state index < -0.39 is 6.09 Å². The lowest BCUT2D eigenvalue weighted by Crippen LogP contribution is -2.17. The van der Waals surface area contributed by atoms with Gasteiger partial charge in [-0.25, -0.2) is 9.78 Å². The third-order valence-electron chi connectivity index (χ3n) is 3.15. The fourth-order valence-electron chi connectivity index (χ4n) is 2.22. The van der Waals surface area contributed by atoms with Crippen molar-refractivity contribution in [3.8, 4) is 0 Å². The monoisotopic (exact) mass is 345 g/mol.